The minimum Gasteiger partial charge on any atom is -0.509 e. The van der Waals surface area contributed by atoms with E-state index < -0.39 is 0 Å². The van der Waals surface area contributed by atoms with Crippen molar-refractivity contribution >= 4 is 33.2 Å². The first-order valence-electron chi connectivity index (χ1n) is 22.0. The number of fused-ring (bicyclic) bond motifs is 3. The van der Waals surface area contributed by atoms with Crippen molar-refractivity contribution in [3.8, 4) is 17.3 Å². The van der Waals surface area contributed by atoms with Crippen LogP contribution in [0.1, 0.15) is 125 Å². The first-order chi connectivity index (χ1) is 29.0. The second-order valence-electron chi connectivity index (χ2n) is 21.7. The molecule has 0 spiro atoms. The Balaban J connectivity index is 0.00000595. The van der Waals surface area contributed by atoms with Gasteiger partial charge in [-0.2, -0.15) is 0 Å². The molecular formula is C57H63N4OPt-3. The van der Waals surface area contributed by atoms with Crippen molar-refractivity contribution in [2.24, 2.45) is 5.41 Å². The summed E-state index contributed by atoms with van der Waals surface area (Å²) in [5, 5.41) is 2.33. The standard InChI is InChI=1S/C57H63N4O.Pt/c1-53(2,3)39-23-20-24-42(29-39)60-37-59(36-50(60)56(10,11)12)43-30-41(57(13,14)38-21-16-15-17-22-38)31-44(33-43)62-45-34-47(55(7,8)9)52-46-25-18-19-26-48(46)61(49(52)35-45)51-32-40(27-28-58-51)54(4,5)6;/h15-32,34,36-37H,1-14H3;/q-3;. The van der Waals surface area contributed by atoms with Crippen LogP contribution >= 0.6 is 0 Å². The van der Waals surface area contributed by atoms with Gasteiger partial charge in [-0.05, 0) is 80.3 Å². The Hall–Kier alpha value is -5.12. The first kappa shape index (κ1) is 45.9. The van der Waals surface area contributed by atoms with Crippen LogP contribution < -0.4 is 14.5 Å². The van der Waals surface area contributed by atoms with E-state index in [1.165, 1.54) is 33.3 Å². The van der Waals surface area contributed by atoms with Gasteiger partial charge in [-0.15, -0.1) is 53.8 Å². The monoisotopic (exact) mass is 1010 g/mol. The molecule has 3 heterocycles. The van der Waals surface area contributed by atoms with Crippen LogP contribution in [0.25, 0.3) is 27.6 Å². The van der Waals surface area contributed by atoms with Gasteiger partial charge in [0.05, 0.1) is 0 Å². The molecule has 330 valence electrons. The zero-order valence-corrected chi connectivity index (χ0v) is 41.9. The average Bonchev–Trinajstić information content (AvgIpc) is 3.81. The summed E-state index contributed by atoms with van der Waals surface area (Å²) >= 11 is 0. The molecule has 1 aliphatic rings. The van der Waals surface area contributed by atoms with E-state index in [9.17, 15) is 0 Å². The molecule has 0 bridgehead atoms. The number of nitrogens with zero attached hydrogens (tertiary/aromatic N) is 4. The predicted molar refractivity (Wildman–Crippen MR) is 261 cm³/mol. The van der Waals surface area contributed by atoms with Crippen LogP contribution in [0.5, 0.6) is 11.5 Å². The third-order valence-electron chi connectivity index (χ3n) is 12.4. The SMILES string of the molecule is CC(C)(C)C1=CN(c2[c-]c(Oc3[c-]c4c(c(C(C)(C)C)c3)c3ccccc3n4-c3cc(C(C)(C)C)ccn3)cc(C(C)(C)c3ccccc3)c2)[CH-]N1c1cccc(C(C)(C)C)c1.[Pt]. The number of aromatic nitrogens is 2. The van der Waals surface area contributed by atoms with Gasteiger partial charge in [0.2, 0.25) is 0 Å². The summed E-state index contributed by atoms with van der Waals surface area (Å²) in [6, 6.07) is 46.7. The van der Waals surface area contributed by atoms with Crippen molar-refractivity contribution in [1.29, 1.82) is 0 Å². The molecule has 0 aliphatic carbocycles. The molecule has 6 heteroatoms. The third kappa shape index (κ3) is 9.01. The van der Waals surface area contributed by atoms with E-state index in [2.05, 4.69) is 245 Å². The molecule has 0 unspecified atom stereocenters. The molecule has 63 heavy (non-hydrogen) atoms. The van der Waals surface area contributed by atoms with Crippen molar-refractivity contribution < 1.29 is 25.8 Å². The van der Waals surface area contributed by atoms with Crippen molar-refractivity contribution in [3.05, 3.63) is 174 Å². The van der Waals surface area contributed by atoms with E-state index in [1.54, 1.807) is 0 Å². The van der Waals surface area contributed by atoms with Crippen LogP contribution in [0.3, 0.4) is 0 Å². The summed E-state index contributed by atoms with van der Waals surface area (Å²) in [7, 11) is 0. The maximum absolute atomic E-state index is 7.10. The number of rotatable bonds is 7. The summed E-state index contributed by atoms with van der Waals surface area (Å²) in [5.41, 5.74) is 10.6. The van der Waals surface area contributed by atoms with E-state index in [0.717, 1.165) is 39.2 Å². The second-order valence-corrected chi connectivity index (χ2v) is 21.7. The van der Waals surface area contributed by atoms with Crippen molar-refractivity contribution in [1.82, 2.24) is 9.55 Å². The molecule has 7 aromatic rings. The van der Waals surface area contributed by atoms with E-state index in [-0.39, 0.29) is 48.1 Å². The van der Waals surface area contributed by atoms with Gasteiger partial charge in [-0.3, -0.25) is 0 Å². The molecule has 2 aromatic heterocycles. The molecule has 0 saturated heterocycles. The van der Waals surface area contributed by atoms with Crippen LogP contribution in [-0.4, -0.2) is 9.55 Å². The minimum atomic E-state index is -0.347. The molecule has 0 saturated carbocycles. The molecule has 5 aromatic carbocycles. The van der Waals surface area contributed by atoms with E-state index in [0.29, 0.717) is 11.5 Å². The van der Waals surface area contributed by atoms with Crippen LogP contribution in [-0.2, 0) is 42.7 Å². The summed E-state index contributed by atoms with van der Waals surface area (Å²) in [5.74, 6) is 2.12. The number of ether oxygens (including phenoxy) is 1. The van der Waals surface area contributed by atoms with E-state index >= 15 is 0 Å². The maximum atomic E-state index is 7.10. The zero-order valence-electron chi connectivity index (χ0n) is 39.6. The topological polar surface area (TPSA) is 33.5 Å². The normalized spacial score (nSPS) is 14.0. The molecule has 0 fully saturated rings. The Labute approximate surface area is 391 Å². The van der Waals surface area contributed by atoms with E-state index in [1.807, 2.05) is 6.20 Å². The Morgan fingerprint density at radius 2 is 1.21 bits per heavy atom. The molecule has 0 amide bonds. The fraction of sp³-hybridized carbons (Fsp3) is 0.333. The van der Waals surface area contributed by atoms with Gasteiger partial charge in [-0.1, -0.05) is 168 Å². The van der Waals surface area contributed by atoms with Crippen LogP contribution in [0.4, 0.5) is 11.4 Å². The minimum absolute atomic E-state index is 0. The fourth-order valence-electron chi connectivity index (χ4n) is 8.53. The Kier molecular flexibility index (Phi) is 12.0. The number of hydrogen-bond acceptors (Lipinski definition) is 4. The van der Waals surface area contributed by atoms with Crippen molar-refractivity contribution in [2.75, 3.05) is 9.80 Å². The second kappa shape index (κ2) is 16.5. The van der Waals surface area contributed by atoms with Crippen molar-refractivity contribution in [3.63, 3.8) is 0 Å². The number of allylic oxidation sites excluding steroid dienone is 1. The maximum Gasteiger partial charge on any atom is 0.135 e. The summed E-state index contributed by atoms with van der Waals surface area (Å²) in [6.45, 7) is 33.9. The first-order valence-corrected chi connectivity index (χ1v) is 22.0. The number of hydrogen-bond donors (Lipinski definition) is 0. The van der Waals surface area contributed by atoms with E-state index in [4.69, 9.17) is 9.72 Å². The molecule has 0 radical (unpaired) electrons. The summed E-state index contributed by atoms with van der Waals surface area (Å²) < 4.78 is 9.36. The molecular weight excluding hydrogens is 952 g/mol. The Bertz CT molecular complexity index is 2820. The molecule has 1 aliphatic heterocycles. The summed E-state index contributed by atoms with van der Waals surface area (Å²) in [6.07, 6.45) is 4.18. The molecule has 5 nitrogen and oxygen atoms in total. The quantitative estimate of drug-likeness (QED) is 0.149. The van der Waals surface area contributed by atoms with Gasteiger partial charge in [0.1, 0.15) is 5.82 Å². The van der Waals surface area contributed by atoms with Gasteiger partial charge in [0.25, 0.3) is 0 Å². The van der Waals surface area contributed by atoms with Gasteiger partial charge in [0, 0.05) is 61.1 Å². The number of para-hydroxylation sites is 1. The average molecular weight is 1020 g/mol. The number of anilines is 2. The fourth-order valence-corrected chi connectivity index (χ4v) is 8.53. The van der Waals surface area contributed by atoms with Crippen LogP contribution in [0.15, 0.2) is 127 Å². The van der Waals surface area contributed by atoms with Gasteiger partial charge in [-0.25, -0.2) is 4.98 Å². The van der Waals surface area contributed by atoms with Crippen LogP contribution in [0, 0.1) is 24.2 Å². The van der Waals surface area contributed by atoms with Gasteiger partial charge in [0.15, 0.2) is 0 Å². The smallest absolute Gasteiger partial charge is 0.135 e. The van der Waals surface area contributed by atoms with Crippen LogP contribution in [0.2, 0.25) is 0 Å². The molecule has 0 N–H and O–H groups in total. The summed E-state index contributed by atoms with van der Waals surface area (Å²) in [4.78, 5) is 9.51. The Morgan fingerprint density at radius 3 is 1.87 bits per heavy atom. The Morgan fingerprint density at radius 1 is 0.571 bits per heavy atom. The molecule has 0 atom stereocenters. The number of pyridine rings is 1. The zero-order chi connectivity index (χ0) is 44.6. The predicted octanol–water partition coefficient (Wildman–Crippen LogP) is 15.1. The number of benzene rings is 5. The van der Waals surface area contributed by atoms with Crippen molar-refractivity contribution in [2.45, 2.75) is 119 Å². The van der Waals surface area contributed by atoms with Gasteiger partial charge >= 0.3 is 0 Å². The largest absolute Gasteiger partial charge is 0.509 e. The van der Waals surface area contributed by atoms with Gasteiger partial charge < -0.3 is 19.1 Å². The molecule has 8 rings (SSSR count). The third-order valence-corrected chi connectivity index (χ3v) is 12.4.